The van der Waals surface area contributed by atoms with Crippen LogP contribution in [0.3, 0.4) is 0 Å². The van der Waals surface area contributed by atoms with E-state index in [-0.39, 0.29) is 22.0 Å². The Morgan fingerprint density at radius 2 is 1.88 bits per heavy atom. The van der Waals surface area contributed by atoms with Crippen molar-refractivity contribution < 1.29 is 27.6 Å². The number of nitro groups is 1. The number of hydrogen-bond acceptors (Lipinski definition) is 5. The van der Waals surface area contributed by atoms with Crippen LogP contribution >= 0.6 is 11.6 Å². The number of carbonyl (C=O) groups excluding carboxylic acids is 1. The Hall–Kier alpha value is -2.81. The molecular weight excluding hydrogens is 365 g/mol. The van der Waals surface area contributed by atoms with E-state index in [0.29, 0.717) is 0 Å². The molecule has 2 aromatic carbocycles. The van der Waals surface area contributed by atoms with Crippen molar-refractivity contribution in [2.75, 3.05) is 12.4 Å². The fourth-order valence-corrected chi connectivity index (χ4v) is 2.15. The van der Waals surface area contributed by atoms with Crippen LogP contribution in [-0.4, -0.2) is 18.0 Å². The molecule has 0 heterocycles. The molecule has 0 bridgehead atoms. The number of alkyl halides is 3. The lowest BCUT2D eigenvalue weighted by atomic mass is 10.1. The van der Waals surface area contributed by atoms with E-state index in [2.05, 4.69) is 10.1 Å². The first-order valence-electron chi connectivity index (χ1n) is 6.64. The van der Waals surface area contributed by atoms with Crippen molar-refractivity contribution in [3.8, 4) is 0 Å². The average Bonchev–Trinajstić information content (AvgIpc) is 2.54. The Labute approximate surface area is 144 Å². The smallest absolute Gasteiger partial charge is 0.416 e. The lowest BCUT2D eigenvalue weighted by Crippen LogP contribution is -2.07. The second kappa shape index (κ2) is 6.98. The molecule has 0 aliphatic heterocycles. The van der Waals surface area contributed by atoms with Crippen molar-refractivity contribution in [1.82, 2.24) is 0 Å². The summed E-state index contributed by atoms with van der Waals surface area (Å²) < 4.78 is 43.0. The van der Waals surface area contributed by atoms with Gasteiger partial charge < -0.3 is 10.1 Å². The quantitative estimate of drug-likeness (QED) is 0.472. The van der Waals surface area contributed by atoms with Crippen molar-refractivity contribution in [2.24, 2.45) is 0 Å². The van der Waals surface area contributed by atoms with Gasteiger partial charge in [-0.3, -0.25) is 10.1 Å². The van der Waals surface area contributed by atoms with Crippen LogP contribution in [0.15, 0.2) is 36.4 Å². The maximum atomic E-state index is 12.8. The molecule has 0 spiro atoms. The summed E-state index contributed by atoms with van der Waals surface area (Å²) in [5.74, 6) is -0.756. The van der Waals surface area contributed by atoms with E-state index in [1.165, 1.54) is 6.07 Å². The van der Waals surface area contributed by atoms with Crippen LogP contribution in [0.25, 0.3) is 0 Å². The van der Waals surface area contributed by atoms with Gasteiger partial charge in [0.1, 0.15) is 5.69 Å². The number of halogens is 4. The van der Waals surface area contributed by atoms with Crippen molar-refractivity contribution in [2.45, 2.75) is 6.18 Å². The molecule has 0 aliphatic rings. The van der Waals surface area contributed by atoms with E-state index in [0.717, 1.165) is 37.4 Å². The normalized spacial score (nSPS) is 11.1. The van der Waals surface area contributed by atoms with Crippen molar-refractivity contribution in [3.63, 3.8) is 0 Å². The summed E-state index contributed by atoms with van der Waals surface area (Å²) in [4.78, 5) is 21.9. The van der Waals surface area contributed by atoms with Crippen molar-refractivity contribution in [1.29, 1.82) is 0 Å². The number of nitrogens with zero attached hydrogens (tertiary/aromatic N) is 1. The van der Waals surface area contributed by atoms with Crippen LogP contribution in [0.1, 0.15) is 15.9 Å². The zero-order chi connectivity index (χ0) is 18.8. The molecule has 10 heteroatoms. The highest BCUT2D eigenvalue weighted by atomic mass is 35.5. The first-order valence-corrected chi connectivity index (χ1v) is 7.02. The summed E-state index contributed by atoms with van der Waals surface area (Å²) in [6.07, 6.45) is -4.61. The molecule has 6 nitrogen and oxygen atoms in total. The van der Waals surface area contributed by atoms with Gasteiger partial charge in [0.25, 0.3) is 5.69 Å². The minimum Gasteiger partial charge on any atom is -0.465 e. The topological polar surface area (TPSA) is 81.5 Å². The molecule has 0 atom stereocenters. The number of benzene rings is 2. The fourth-order valence-electron chi connectivity index (χ4n) is 1.98. The van der Waals surface area contributed by atoms with E-state index < -0.39 is 28.3 Å². The number of methoxy groups -OCH3 is 1. The first kappa shape index (κ1) is 18.5. The molecule has 0 aliphatic carbocycles. The number of rotatable bonds is 4. The molecule has 132 valence electrons. The molecule has 2 rings (SSSR count). The standard InChI is InChI=1S/C15H10ClF3N2O4/c1-25-14(22)8-2-5-13(21(23)24)12(6-8)20-11-7-9(15(17,18)19)3-4-10(11)16/h2-7,20H,1H3. The number of esters is 1. The second-order valence-electron chi connectivity index (χ2n) is 4.80. The monoisotopic (exact) mass is 374 g/mol. The first-order chi connectivity index (χ1) is 11.6. The second-order valence-corrected chi connectivity index (χ2v) is 5.21. The molecule has 0 radical (unpaired) electrons. The van der Waals surface area contributed by atoms with Crippen LogP contribution in [0.2, 0.25) is 5.02 Å². The highest BCUT2D eigenvalue weighted by molar-refractivity contribution is 6.33. The molecular formula is C15H10ClF3N2O4. The number of ether oxygens (including phenoxy) is 1. The predicted octanol–water partition coefficient (Wildman–Crippen LogP) is 4.80. The Morgan fingerprint density at radius 1 is 1.20 bits per heavy atom. The zero-order valence-electron chi connectivity index (χ0n) is 12.6. The summed E-state index contributed by atoms with van der Waals surface area (Å²) in [7, 11) is 1.13. The van der Waals surface area contributed by atoms with Gasteiger partial charge in [0.15, 0.2) is 0 Å². The molecule has 0 saturated heterocycles. The Kier molecular flexibility index (Phi) is 5.17. The Bertz CT molecular complexity index is 840. The summed E-state index contributed by atoms with van der Waals surface area (Å²) in [5, 5.41) is 13.5. The maximum Gasteiger partial charge on any atom is 0.416 e. The fraction of sp³-hybridized carbons (Fsp3) is 0.133. The van der Waals surface area contributed by atoms with Gasteiger partial charge in [-0.25, -0.2) is 4.79 Å². The SMILES string of the molecule is COC(=O)c1ccc([N+](=O)[O-])c(Nc2cc(C(F)(F)F)ccc2Cl)c1. The molecule has 0 aromatic heterocycles. The van der Waals surface area contributed by atoms with E-state index in [9.17, 15) is 28.1 Å². The lowest BCUT2D eigenvalue weighted by molar-refractivity contribution is -0.383. The van der Waals surface area contributed by atoms with Gasteiger partial charge in [-0.05, 0) is 30.3 Å². The highest BCUT2D eigenvalue weighted by Crippen LogP contribution is 2.36. The number of carbonyl (C=O) groups is 1. The molecule has 1 N–H and O–H groups in total. The van der Waals surface area contributed by atoms with Crippen LogP contribution in [0.4, 0.5) is 30.2 Å². The minimum atomic E-state index is -4.61. The summed E-state index contributed by atoms with van der Waals surface area (Å²) in [6.45, 7) is 0. The lowest BCUT2D eigenvalue weighted by Gasteiger charge is -2.13. The third-order valence-electron chi connectivity index (χ3n) is 3.18. The molecule has 0 amide bonds. The van der Waals surface area contributed by atoms with Gasteiger partial charge in [0.2, 0.25) is 0 Å². The van der Waals surface area contributed by atoms with Gasteiger partial charge in [-0.15, -0.1) is 0 Å². The molecule has 25 heavy (non-hydrogen) atoms. The highest BCUT2D eigenvalue weighted by Gasteiger charge is 2.31. The number of nitro benzene ring substituents is 1. The van der Waals surface area contributed by atoms with Gasteiger partial charge in [-0.1, -0.05) is 11.6 Å². The minimum absolute atomic E-state index is 0.0151. The van der Waals surface area contributed by atoms with Gasteiger partial charge in [0, 0.05) is 6.07 Å². The van der Waals surface area contributed by atoms with Gasteiger partial charge in [0.05, 0.1) is 33.9 Å². The zero-order valence-corrected chi connectivity index (χ0v) is 13.3. The van der Waals surface area contributed by atoms with E-state index in [4.69, 9.17) is 11.6 Å². The van der Waals surface area contributed by atoms with E-state index >= 15 is 0 Å². The van der Waals surface area contributed by atoms with Crippen LogP contribution < -0.4 is 5.32 Å². The Balaban J connectivity index is 2.52. The van der Waals surface area contributed by atoms with Gasteiger partial charge in [-0.2, -0.15) is 13.2 Å². The van der Waals surface area contributed by atoms with Crippen molar-refractivity contribution >= 4 is 34.6 Å². The van der Waals surface area contributed by atoms with E-state index in [1.54, 1.807) is 0 Å². The number of nitrogens with one attached hydrogen (secondary N) is 1. The van der Waals surface area contributed by atoms with E-state index in [1.807, 2.05) is 0 Å². The van der Waals surface area contributed by atoms with Crippen LogP contribution in [-0.2, 0) is 10.9 Å². The Morgan fingerprint density at radius 3 is 2.44 bits per heavy atom. The third kappa shape index (κ3) is 4.18. The summed E-state index contributed by atoms with van der Waals surface area (Å²) >= 11 is 5.87. The maximum absolute atomic E-state index is 12.8. The molecule has 0 saturated carbocycles. The number of hydrogen-bond donors (Lipinski definition) is 1. The average molecular weight is 375 g/mol. The van der Waals surface area contributed by atoms with Crippen molar-refractivity contribution in [3.05, 3.63) is 62.7 Å². The summed E-state index contributed by atoms with van der Waals surface area (Å²) in [6, 6.07) is 5.83. The predicted molar refractivity (Wildman–Crippen MR) is 84.2 cm³/mol. The third-order valence-corrected chi connectivity index (χ3v) is 3.51. The molecule has 0 fully saturated rings. The largest absolute Gasteiger partial charge is 0.465 e. The summed E-state index contributed by atoms with van der Waals surface area (Å²) in [5.41, 5.74) is -1.83. The van der Waals surface area contributed by atoms with Crippen LogP contribution in [0, 0.1) is 10.1 Å². The van der Waals surface area contributed by atoms with Crippen LogP contribution in [0.5, 0.6) is 0 Å². The van der Waals surface area contributed by atoms with Gasteiger partial charge >= 0.3 is 12.1 Å². The molecule has 0 unspecified atom stereocenters. The number of anilines is 2. The molecule has 2 aromatic rings.